The predicted octanol–water partition coefficient (Wildman–Crippen LogP) is 3.97. The Labute approximate surface area is 150 Å². The molecule has 6 nitrogen and oxygen atoms in total. The number of rotatable bonds is 7. The summed E-state index contributed by atoms with van der Waals surface area (Å²) in [5, 5.41) is 9.13. The number of nitriles is 1. The van der Waals surface area contributed by atoms with Gasteiger partial charge in [0.2, 0.25) is 0 Å². The molecule has 0 aliphatic rings. The summed E-state index contributed by atoms with van der Waals surface area (Å²) in [6, 6.07) is 4.69. The van der Waals surface area contributed by atoms with Crippen molar-refractivity contribution in [1.29, 1.82) is 5.26 Å². The molecule has 0 spiro atoms. The van der Waals surface area contributed by atoms with Crippen LogP contribution in [0.4, 0.5) is 5.69 Å². The van der Waals surface area contributed by atoms with E-state index in [2.05, 4.69) is 4.99 Å². The first-order valence-corrected chi connectivity index (χ1v) is 7.97. The van der Waals surface area contributed by atoms with E-state index in [-0.39, 0.29) is 34.5 Å². The van der Waals surface area contributed by atoms with E-state index in [1.165, 1.54) is 12.1 Å². The molecule has 24 heavy (non-hydrogen) atoms. The average Bonchev–Trinajstić information content (AvgIpc) is 2.55. The minimum Gasteiger partial charge on any atom is -0.464 e. The minimum atomic E-state index is -1.17. The van der Waals surface area contributed by atoms with Crippen LogP contribution >= 0.6 is 23.2 Å². The molecule has 0 radical (unpaired) electrons. The summed E-state index contributed by atoms with van der Waals surface area (Å²) in [6.07, 6.45) is 1.76. The molecule has 0 aromatic heterocycles. The number of aliphatic imine (C=N–C) groups is 1. The fourth-order valence-electron chi connectivity index (χ4n) is 1.63. The molecule has 0 aliphatic carbocycles. The van der Waals surface area contributed by atoms with Crippen LogP contribution in [-0.2, 0) is 14.3 Å². The summed E-state index contributed by atoms with van der Waals surface area (Å²) in [6.45, 7) is 3.88. The van der Waals surface area contributed by atoms with E-state index in [0.29, 0.717) is 6.42 Å². The Balaban J connectivity index is 3.06. The van der Waals surface area contributed by atoms with E-state index in [0.717, 1.165) is 6.21 Å². The number of halogens is 2. The van der Waals surface area contributed by atoms with Gasteiger partial charge in [-0.05, 0) is 25.5 Å². The second-order valence-electron chi connectivity index (χ2n) is 4.53. The van der Waals surface area contributed by atoms with Crippen LogP contribution in [0.3, 0.4) is 0 Å². The van der Waals surface area contributed by atoms with Gasteiger partial charge < -0.3 is 9.47 Å². The van der Waals surface area contributed by atoms with Crippen LogP contribution in [0.15, 0.2) is 17.1 Å². The number of nitrogens with zero attached hydrogens (tertiary/aromatic N) is 2. The van der Waals surface area contributed by atoms with Gasteiger partial charge in [0.15, 0.2) is 5.92 Å². The lowest BCUT2D eigenvalue weighted by atomic mass is 10.2. The number of carbonyl (C=O) groups excluding carboxylic acids is 2. The lowest BCUT2D eigenvalue weighted by Crippen LogP contribution is -2.17. The van der Waals surface area contributed by atoms with Crippen molar-refractivity contribution in [3.8, 4) is 6.07 Å². The summed E-state index contributed by atoms with van der Waals surface area (Å²) in [4.78, 5) is 27.6. The molecule has 0 aliphatic heterocycles. The van der Waals surface area contributed by atoms with Crippen molar-refractivity contribution in [2.24, 2.45) is 10.9 Å². The van der Waals surface area contributed by atoms with Crippen molar-refractivity contribution in [2.75, 3.05) is 13.2 Å². The van der Waals surface area contributed by atoms with Crippen molar-refractivity contribution < 1.29 is 19.1 Å². The van der Waals surface area contributed by atoms with Crippen molar-refractivity contribution in [2.45, 2.75) is 20.3 Å². The zero-order valence-electron chi connectivity index (χ0n) is 13.2. The van der Waals surface area contributed by atoms with E-state index in [9.17, 15) is 9.59 Å². The maximum Gasteiger partial charge on any atom is 0.341 e. The van der Waals surface area contributed by atoms with Gasteiger partial charge >= 0.3 is 11.9 Å². The van der Waals surface area contributed by atoms with Crippen molar-refractivity contribution in [3.05, 3.63) is 27.7 Å². The van der Waals surface area contributed by atoms with Gasteiger partial charge in [-0.1, -0.05) is 30.1 Å². The van der Waals surface area contributed by atoms with E-state index in [1.54, 1.807) is 13.0 Å². The molecule has 0 saturated heterocycles. The van der Waals surface area contributed by atoms with Crippen molar-refractivity contribution >= 4 is 47.0 Å². The molecule has 1 atom stereocenters. The molecule has 1 aromatic rings. The number of hydrogen-bond donors (Lipinski definition) is 0. The standard InChI is InChI=1S/C16H16Cl2N2O4/c1-3-7-24-15(21)10(8-19)9-20-12-6-5-11(17)13(14(12)18)16(22)23-4-2/h5-6,9-10H,3-4,7H2,1-2H3. The number of ether oxygens (including phenoxy) is 2. The molecule has 128 valence electrons. The van der Waals surface area contributed by atoms with Gasteiger partial charge in [0, 0.05) is 6.21 Å². The zero-order valence-corrected chi connectivity index (χ0v) is 14.7. The van der Waals surface area contributed by atoms with E-state index >= 15 is 0 Å². The number of benzene rings is 1. The maximum absolute atomic E-state index is 11.9. The predicted molar refractivity (Wildman–Crippen MR) is 90.9 cm³/mol. The summed E-state index contributed by atoms with van der Waals surface area (Å²) >= 11 is 12.1. The lowest BCUT2D eigenvalue weighted by molar-refractivity contribution is -0.144. The van der Waals surface area contributed by atoms with Gasteiger partial charge in [0.25, 0.3) is 0 Å². The van der Waals surface area contributed by atoms with Gasteiger partial charge in [-0.25, -0.2) is 4.79 Å². The Bertz CT molecular complexity index is 683. The van der Waals surface area contributed by atoms with Crippen molar-refractivity contribution in [1.82, 2.24) is 0 Å². The first-order valence-electron chi connectivity index (χ1n) is 7.21. The Morgan fingerprint density at radius 3 is 2.62 bits per heavy atom. The lowest BCUT2D eigenvalue weighted by Gasteiger charge is -2.09. The highest BCUT2D eigenvalue weighted by atomic mass is 35.5. The van der Waals surface area contributed by atoms with Gasteiger partial charge in [0.1, 0.15) is 0 Å². The summed E-state index contributed by atoms with van der Waals surface area (Å²) < 4.78 is 9.78. The normalized spacial score (nSPS) is 11.8. The molecule has 0 bridgehead atoms. The van der Waals surface area contributed by atoms with Crippen LogP contribution in [0.25, 0.3) is 0 Å². The Morgan fingerprint density at radius 1 is 1.33 bits per heavy atom. The smallest absolute Gasteiger partial charge is 0.341 e. The van der Waals surface area contributed by atoms with E-state index < -0.39 is 17.9 Å². The maximum atomic E-state index is 11.9. The molecule has 8 heteroatoms. The van der Waals surface area contributed by atoms with Crippen molar-refractivity contribution in [3.63, 3.8) is 0 Å². The number of esters is 2. The van der Waals surface area contributed by atoms with Gasteiger partial charge in [-0.3, -0.25) is 9.79 Å². The quantitative estimate of drug-likeness (QED) is 0.535. The highest BCUT2D eigenvalue weighted by Gasteiger charge is 2.20. The van der Waals surface area contributed by atoms with E-state index in [1.807, 2.05) is 6.92 Å². The third-order valence-electron chi connectivity index (χ3n) is 2.75. The summed E-state index contributed by atoms with van der Waals surface area (Å²) in [5.74, 6) is -2.54. The third-order valence-corrected chi connectivity index (χ3v) is 3.45. The molecule has 1 aromatic carbocycles. The molecule has 0 saturated carbocycles. The monoisotopic (exact) mass is 370 g/mol. The highest BCUT2D eigenvalue weighted by Crippen LogP contribution is 2.34. The highest BCUT2D eigenvalue weighted by molar-refractivity contribution is 6.41. The number of carbonyl (C=O) groups is 2. The molecule has 0 amide bonds. The Hall–Kier alpha value is -2.10. The minimum absolute atomic E-state index is 0.0168. The first-order chi connectivity index (χ1) is 11.5. The first kappa shape index (κ1) is 19.9. The van der Waals surface area contributed by atoms with Gasteiger partial charge in [-0.2, -0.15) is 5.26 Å². The molecule has 0 N–H and O–H groups in total. The van der Waals surface area contributed by atoms with Gasteiger partial charge in [-0.15, -0.1) is 0 Å². The summed E-state index contributed by atoms with van der Waals surface area (Å²) in [7, 11) is 0. The molecule has 1 rings (SSSR count). The summed E-state index contributed by atoms with van der Waals surface area (Å²) in [5.41, 5.74) is 0.171. The second kappa shape index (κ2) is 9.91. The Morgan fingerprint density at radius 2 is 2.04 bits per heavy atom. The molecular weight excluding hydrogens is 355 g/mol. The average molecular weight is 371 g/mol. The van der Waals surface area contributed by atoms with Crippen LogP contribution in [0, 0.1) is 17.2 Å². The fraction of sp³-hybridized carbons (Fsp3) is 0.375. The fourth-order valence-corrected chi connectivity index (χ4v) is 2.20. The molecule has 1 unspecified atom stereocenters. The van der Waals surface area contributed by atoms with Gasteiger partial charge in [0.05, 0.1) is 40.6 Å². The van der Waals surface area contributed by atoms with E-state index in [4.69, 9.17) is 37.9 Å². The number of hydrogen-bond acceptors (Lipinski definition) is 6. The molecule has 0 heterocycles. The molecule has 0 fully saturated rings. The largest absolute Gasteiger partial charge is 0.464 e. The third kappa shape index (κ3) is 5.22. The zero-order chi connectivity index (χ0) is 18.1. The van der Waals surface area contributed by atoms with Crippen LogP contribution in [0.5, 0.6) is 0 Å². The SMILES string of the molecule is CCCOC(=O)C(C#N)C=Nc1ccc(Cl)c(C(=O)OCC)c1Cl. The van der Waals surface area contributed by atoms with Crippen LogP contribution in [0.2, 0.25) is 10.0 Å². The van der Waals surface area contributed by atoms with Crippen LogP contribution in [0.1, 0.15) is 30.6 Å². The second-order valence-corrected chi connectivity index (χ2v) is 5.31. The topological polar surface area (TPSA) is 88.8 Å². The van der Waals surface area contributed by atoms with Crippen LogP contribution < -0.4 is 0 Å². The van der Waals surface area contributed by atoms with Crippen LogP contribution in [-0.4, -0.2) is 31.4 Å². The molecular formula is C16H16Cl2N2O4. The Kier molecular flexibility index (Phi) is 8.24.